The number of rotatable bonds is 7. The number of hydrogen-bond donors (Lipinski definition) is 2. The van der Waals surface area contributed by atoms with Crippen LogP contribution >= 0.6 is 11.6 Å². The fourth-order valence-electron chi connectivity index (χ4n) is 2.75. The lowest BCUT2D eigenvalue weighted by atomic mass is 10.0. The van der Waals surface area contributed by atoms with Crippen molar-refractivity contribution in [2.45, 2.75) is 11.3 Å². The molecule has 9 heteroatoms. The molecule has 0 unspecified atom stereocenters. The molecule has 1 amide bonds. The quantitative estimate of drug-likeness (QED) is 0.544. The Balaban J connectivity index is 1.68. The summed E-state index contributed by atoms with van der Waals surface area (Å²) in [5.41, 5.74) is 1.69. The lowest BCUT2D eigenvalue weighted by Gasteiger charge is -2.07. The van der Waals surface area contributed by atoms with Gasteiger partial charge in [-0.05, 0) is 42.5 Å². The Morgan fingerprint density at radius 1 is 0.967 bits per heavy atom. The van der Waals surface area contributed by atoms with Gasteiger partial charge >= 0.3 is 0 Å². The maximum absolute atomic E-state index is 12.7. The Kier molecular flexibility index (Phi) is 6.61. The number of hydrogen-bond acceptors (Lipinski definition) is 5. The number of halogens is 1. The van der Waals surface area contributed by atoms with E-state index in [-0.39, 0.29) is 21.4 Å². The van der Waals surface area contributed by atoms with Crippen LogP contribution in [0.5, 0.6) is 0 Å². The number of nitrogens with one attached hydrogen (secondary N) is 1. The highest BCUT2D eigenvalue weighted by Gasteiger charge is 2.17. The van der Waals surface area contributed by atoms with E-state index in [2.05, 4.69) is 10.3 Å². The summed E-state index contributed by atoms with van der Waals surface area (Å²) in [5, 5.41) is 7.86. The summed E-state index contributed by atoms with van der Waals surface area (Å²) < 4.78 is 23.2. The maximum Gasteiger partial charge on any atom is 0.251 e. The lowest BCUT2D eigenvalue weighted by molar-refractivity contribution is 0.0952. The standard InChI is InChI=1S/C21H18ClN3O4S/c22-18-9-8-16(13-19(18)30(23,28)29)20(26)14-4-6-15(7-5-14)21(27)25-12-10-17-3-1-2-11-24-17/h1-9,11,13H,10,12H2,(H,25,27)(H2,23,28,29). The molecule has 3 N–H and O–H groups in total. The number of ketones is 1. The number of carbonyl (C=O) groups is 2. The van der Waals surface area contributed by atoms with Gasteiger partial charge in [0.05, 0.1) is 5.02 Å². The summed E-state index contributed by atoms with van der Waals surface area (Å²) >= 11 is 5.85. The predicted molar refractivity (Wildman–Crippen MR) is 113 cm³/mol. The summed E-state index contributed by atoms with van der Waals surface area (Å²) in [5.74, 6) is -0.688. The normalized spacial score (nSPS) is 11.1. The van der Waals surface area contributed by atoms with Crippen LogP contribution in [0, 0.1) is 0 Å². The number of sulfonamides is 1. The van der Waals surface area contributed by atoms with Gasteiger partial charge in [-0.15, -0.1) is 0 Å². The molecule has 0 saturated carbocycles. The second kappa shape index (κ2) is 9.17. The van der Waals surface area contributed by atoms with Gasteiger partial charge in [0.2, 0.25) is 10.0 Å². The summed E-state index contributed by atoms with van der Waals surface area (Å²) in [7, 11) is -4.06. The number of pyridine rings is 1. The molecule has 154 valence electrons. The van der Waals surface area contributed by atoms with Crippen molar-refractivity contribution in [1.82, 2.24) is 10.3 Å². The molecule has 0 saturated heterocycles. The Morgan fingerprint density at radius 2 is 1.63 bits per heavy atom. The average molecular weight is 444 g/mol. The number of nitrogens with two attached hydrogens (primary N) is 1. The van der Waals surface area contributed by atoms with Crippen LogP contribution in [-0.4, -0.2) is 31.6 Å². The zero-order valence-electron chi connectivity index (χ0n) is 15.7. The third kappa shape index (κ3) is 5.29. The fourth-order valence-corrected chi connectivity index (χ4v) is 3.83. The molecular formula is C21H18ClN3O4S. The van der Waals surface area contributed by atoms with Gasteiger partial charge in [-0.1, -0.05) is 29.8 Å². The summed E-state index contributed by atoms with van der Waals surface area (Å²) in [6.45, 7) is 0.428. The molecule has 0 radical (unpaired) electrons. The molecule has 0 fully saturated rings. The van der Waals surface area contributed by atoms with Crippen molar-refractivity contribution in [3.63, 3.8) is 0 Å². The highest BCUT2D eigenvalue weighted by molar-refractivity contribution is 7.89. The van der Waals surface area contributed by atoms with Gasteiger partial charge in [-0.3, -0.25) is 14.6 Å². The van der Waals surface area contributed by atoms with E-state index < -0.39 is 15.8 Å². The Hall–Kier alpha value is -3.07. The largest absolute Gasteiger partial charge is 0.352 e. The van der Waals surface area contributed by atoms with Gasteiger partial charge < -0.3 is 5.32 Å². The van der Waals surface area contributed by atoms with E-state index in [1.54, 1.807) is 6.20 Å². The SMILES string of the molecule is NS(=O)(=O)c1cc(C(=O)c2ccc(C(=O)NCCc3ccccn3)cc2)ccc1Cl. The van der Waals surface area contributed by atoms with Crippen LogP contribution < -0.4 is 10.5 Å². The van der Waals surface area contributed by atoms with E-state index in [4.69, 9.17) is 16.7 Å². The van der Waals surface area contributed by atoms with E-state index in [1.807, 2.05) is 18.2 Å². The van der Waals surface area contributed by atoms with Crippen molar-refractivity contribution < 1.29 is 18.0 Å². The molecule has 0 aliphatic heterocycles. The third-order valence-electron chi connectivity index (χ3n) is 4.30. The van der Waals surface area contributed by atoms with E-state index in [9.17, 15) is 18.0 Å². The smallest absolute Gasteiger partial charge is 0.251 e. The second-order valence-electron chi connectivity index (χ2n) is 6.42. The summed E-state index contributed by atoms with van der Waals surface area (Å²) in [6, 6.07) is 15.5. The number of amides is 1. The molecule has 0 aliphatic carbocycles. The van der Waals surface area contributed by atoms with Crippen molar-refractivity contribution in [1.29, 1.82) is 0 Å². The predicted octanol–water partition coefficient (Wildman–Crippen LogP) is 2.59. The highest BCUT2D eigenvalue weighted by Crippen LogP contribution is 2.23. The van der Waals surface area contributed by atoms with Crippen LogP contribution in [-0.2, 0) is 16.4 Å². The molecule has 1 heterocycles. The van der Waals surface area contributed by atoms with Crippen LogP contribution in [0.2, 0.25) is 5.02 Å². The Labute approximate surface area is 179 Å². The first kappa shape index (κ1) is 21.6. The summed E-state index contributed by atoms with van der Waals surface area (Å²) in [6.07, 6.45) is 2.30. The van der Waals surface area contributed by atoms with Crippen LogP contribution in [0.15, 0.2) is 71.8 Å². The Morgan fingerprint density at radius 3 is 2.27 bits per heavy atom. The fraction of sp³-hybridized carbons (Fsp3) is 0.0952. The number of benzene rings is 2. The van der Waals surface area contributed by atoms with Crippen molar-refractivity contribution in [2.75, 3.05) is 6.54 Å². The molecule has 0 atom stereocenters. The van der Waals surface area contributed by atoms with Crippen molar-refractivity contribution >= 4 is 33.3 Å². The molecule has 3 rings (SSSR count). The molecule has 7 nitrogen and oxygen atoms in total. The van der Waals surface area contributed by atoms with Crippen LogP contribution in [0.1, 0.15) is 32.0 Å². The molecule has 0 bridgehead atoms. The van der Waals surface area contributed by atoms with E-state index in [0.717, 1.165) is 11.8 Å². The van der Waals surface area contributed by atoms with Crippen LogP contribution in [0.3, 0.4) is 0 Å². The first-order valence-corrected chi connectivity index (χ1v) is 10.8. The van der Waals surface area contributed by atoms with E-state index >= 15 is 0 Å². The van der Waals surface area contributed by atoms with Crippen LogP contribution in [0.25, 0.3) is 0 Å². The van der Waals surface area contributed by atoms with E-state index in [0.29, 0.717) is 24.1 Å². The van der Waals surface area contributed by atoms with Gasteiger partial charge in [0, 0.05) is 41.5 Å². The zero-order chi connectivity index (χ0) is 21.7. The molecule has 0 aliphatic rings. The molecular weight excluding hydrogens is 426 g/mol. The molecule has 0 spiro atoms. The summed E-state index contributed by atoms with van der Waals surface area (Å²) in [4.78, 5) is 28.8. The number of aromatic nitrogens is 1. The minimum Gasteiger partial charge on any atom is -0.352 e. The van der Waals surface area contributed by atoms with Gasteiger partial charge in [-0.2, -0.15) is 0 Å². The minimum atomic E-state index is -4.06. The first-order valence-electron chi connectivity index (χ1n) is 8.91. The van der Waals surface area contributed by atoms with Crippen molar-refractivity contribution in [3.05, 3.63) is 94.3 Å². The average Bonchev–Trinajstić information content (AvgIpc) is 2.73. The Bertz CT molecular complexity index is 1180. The van der Waals surface area contributed by atoms with Crippen molar-refractivity contribution in [3.8, 4) is 0 Å². The molecule has 3 aromatic rings. The second-order valence-corrected chi connectivity index (χ2v) is 8.36. The third-order valence-corrected chi connectivity index (χ3v) is 5.69. The monoisotopic (exact) mass is 443 g/mol. The molecule has 1 aromatic heterocycles. The van der Waals surface area contributed by atoms with Crippen LogP contribution in [0.4, 0.5) is 0 Å². The van der Waals surface area contributed by atoms with Gasteiger partial charge in [0.25, 0.3) is 5.91 Å². The number of nitrogens with zero attached hydrogens (tertiary/aromatic N) is 1. The van der Waals surface area contributed by atoms with E-state index in [1.165, 1.54) is 36.4 Å². The minimum absolute atomic E-state index is 0.0632. The molecule has 2 aromatic carbocycles. The maximum atomic E-state index is 12.7. The zero-order valence-corrected chi connectivity index (χ0v) is 17.3. The highest BCUT2D eigenvalue weighted by atomic mass is 35.5. The number of carbonyl (C=O) groups excluding carboxylic acids is 2. The first-order chi connectivity index (χ1) is 14.3. The van der Waals surface area contributed by atoms with Gasteiger partial charge in [0.1, 0.15) is 4.90 Å². The lowest BCUT2D eigenvalue weighted by Crippen LogP contribution is -2.25. The van der Waals surface area contributed by atoms with Crippen molar-refractivity contribution in [2.24, 2.45) is 5.14 Å². The molecule has 30 heavy (non-hydrogen) atoms. The number of primary sulfonamides is 1. The van der Waals surface area contributed by atoms with Gasteiger partial charge in [0.15, 0.2) is 5.78 Å². The van der Waals surface area contributed by atoms with Gasteiger partial charge in [-0.25, -0.2) is 13.6 Å². The topological polar surface area (TPSA) is 119 Å².